The Labute approximate surface area is 140 Å². The Balaban J connectivity index is 3.46. The van der Waals surface area contributed by atoms with Crippen LogP contribution in [-0.2, 0) is 4.79 Å². The molecule has 2 N–H and O–H groups in total. The number of rotatable bonds is 15. The zero-order valence-electron chi connectivity index (χ0n) is 14.0. The van der Waals surface area contributed by atoms with Crippen molar-refractivity contribution in [3.8, 4) is 0 Å². The Morgan fingerprint density at radius 1 is 1.00 bits per heavy atom. The maximum atomic E-state index is 10.3. The maximum Gasteiger partial charge on any atom is 0.303 e. The molecule has 0 spiro atoms. The van der Waals surface area contributed by atoms with Crippen LogP contribution in [0.25, 0.3) is 0 Å². The van der Waals surface area contributed by atoms with E-state index in [1.165, 1.54) is 12.8 Å². The molecule has 0 aromatic heterocycles. The van der Waals surface area contributed by atoms with Gasteiger partial charge in [0.15, 0.2) is 0 Å². The largest absolute Gasteiger partial charge is 0.481 e. The number of carboxylic acid groups (broad SMARTS) is 1. The molecule has 22 heavy (non-hydrogen) atoms. The SMILES string of the molecule is CCCCCC[C@](O)(Cl)C/C=C\CCCCCCCC(=O)O. The van der Waals surface area contributed by atoms with Gasteiger partial charge >= 0.3 is 5.97 Å². The lowest BCUT2D eigenvalue weighted by atomic mass is 10.1. The molecule has 0 radical (unpaired) electrons. The topological polar surface area (TPSA) is 57.5 Å². The molecule has 0 aliphatic rings. The number of aliphatic carboxylic acids is 1. The Morgan fingerprint density at radius 2 is 1.64 bits per heavy atom. The number of carboxylic acids is 1. The predicted molar refractivity (Wildman–Crippen MR) is 93.3 cm³/mol. The summed E-state index contributed by atoms with van der Waals surface area (Å²) in [6.07, 6.45) is 16.2. The van der Waals surface area contributed by atoms with Crippen molar-refractivity contribution in [3.05, 3.63) is 12.2 Å². The van der Waals surface area contributed by atoms with Gasteiger partial charge < -0.3 is 10.2 Å². The zero-order chi connectivity index (χ0) is 16.7. The molecular formula is C18H33ClO3. The summed E-state index contributed by atoms with van der Waals surface area (Å²) < 4.78 is 0. The number of halogens is 1. The summed E-state index contributed by atoms with van der Waals surface area (Å²) in [5, 5.41) is 17.5. The monoisotopic (exact) mass is 332 g/mol. The van der Waals surface area contributed by atoms with Gasteiger partial charge in [0, 0.05) is 12.8 Å². The molecule has 4 heteroatoms. The van der Waals surface area contributed by atoms with Gasteiger partial charge in [-0.1, -0.05) is 69.2 Å². The van der Waals surface area contributed by atoms with Gasteiger partial charge in [-0.25, -0.2) is 0 Å². The van der Waals surface area contributed by atoms with E-state index in [-0.39, 0.29) is 6.42 Å². The van der Waals surface area contributed by atoms with E-state index < -0.39 is 11.0 Å². The molecular weight excluding hydrogens is 300 g/mol. The molecule has 0 bridgehead atoms. The molecule has 0 amide bonds. The third kappa shape index (κ3) is 15.8. The van der Waals surface area contributed by atoms with Crippen molar-refractivity contribution >= 4 is 17.6 Å². The van der Waals surface area contributed by atoms with Gasteiger partial charge in [0.2, 0.25) is 0 Å². The summed E-state index contributed by atoms with van der Waals surface area (Å²) in [6, 6.07) is 0. The molecule has 0 aliphatic heterocycles. The van der Waals surface area contributed by atoms with E-state index in [1.54, 1.807) is 0 Å². The average molecular weight is 333 g/mol. The van der Waals surface area contributed by atoms with Gasteiger partial charge in [-0.2, -0.15) is 0 Å². The molecule has 0 rings (SSSR count). The fourth-order valence-corrected chi connectivity index (χ4v) is 2.60. The van der Waals surface area contributed by atoms with Crippen LogP contribution in [0.4, 0.5) is 0 Å². The molecule has 0 aliphatic carbocycles. The van der Waals surface area contributed by atoms with Crippen molar-refractivity contribution < 1.29 is 15.0 Å². The lowest BCUT2D eigenvalue weighted by Crippen LogP contribution is -2.19. The van der Waals surface area contributed by atoms with Crippen LogP contribution >= 0.6 is 11.6 Å². The zero-order valence-corrected chi connectivity index (χ0v) is 14.8. The molecule has 0 saturated carbocycles. The first kappa shape index (κ1) is 21.5. The minimum atomic E-state index is -1.08. The van der Waals surface area contributed by atoms with Crippen molar-refractivity contribution in [1.82, 2.24) is 0 Å². The third-order valence-electron chi connectivity index (χ3n) is 3.77. The van der Waals surface area contributed by atoms with Crippen molar-refractivity contribution in [2.24, 2.45) is 0 Å². The first-order chi connectivity index (χ1) is 10.5. The molecule has 0 aromatic rings. The first-order valence-electron chi connectivity index (χ1n) is 8.76. The molecule has 0 fully saturated rings. The van der Waals surface area contributed by atoms with Gasteiger partial charge in [-0.05, 0) is 32.1 Å². The van der Waals surface area contributed by atoms with Crippen LogP contribution in [0.1, 0.15) is 90.4 Å². The van der Waals surface area contributed by atoms with E-state index in [4.69, 9.17) is 16.7 Å². The van der Waals surface area contributed by atoms with Gasteiger partial charge in [-0.3, -0.25) is 4.79 Å². The number of aliphatic hydroxyl groups is 1. The van der Waals surface area contributed by atoms with Crippen LogP contribution in [0.2, 0.25) is 0 Å². The van der Waals surface area contributed by atoms with E-state index in [1.807, 2.05) is 6.08 Å². The van der Waals surface area contributed by atoms with Crippen LogP contribution in [0.5, 0.6) is 0 Å². The number of hydrogen-bond acceptors (Lipinski definition) is 2. The molecule has 3 nitrogen and oxygen atoms in total. The second-order valence-electron chi connectivity index (χ2n) is 6.10. The molecule has 1 atom stereocenters. The van der Waals surface area contributed by atoms with Crippen LogP contribution in [0, 0.1) is 0 Å². The molecule has 130 valence electrons. The quantitative estimate of drug-likeness (QED) is 0.231. The Bertz CT molecular complexity index is 301. The Morgan fingerprint density at radius 3 is 2.32 bits per heavy atom. The van der Waals surface area contributed by atoms with E-state index in [2.05, 4.69) is 13.0 Å². The lowest BCUT2D eigenvalue weighted by molar-refractivity contribution is -0.137. The summed E-state index contributed by atoms with van der Waals surface area (Å²) in [5.74, 6) is -0.703. The second-order valence-corrected chi connectivity index (χ2v) is 6.81. The second kappa shape index (κ2) is 14.1. The molecule has 0 heterocycles. The number of alkyl halides is 1. The third-order valence-corrected chi connectivity index (χ3v) is 4.12. The fourth-order valence-electron chi connectivity index (χ4n) is 2.38. The summed E-state index contributed by atoms with van der Waals surface area (Å²) >= 11 is 6.09. The first-order valence-corrected chi connectivity index (χ1v) is 9.14. The number of allylic oxidation sites excluding steroid dienone is 1. The van der Waals surface area contributed by atoms with Gasteiger partial charge in [0.25, 0.3) is 0 Å². The standard InChI is InChI=1S/C18H33ClO3/c1-2-3-4-12-15-18(19,22)16-13-10-8-6-5-7-9-11-14-17(20)21/h10,13,22H,2-9,11-12,14-16H2,1H3,(H,20,21)/b13-10-/t18-/m1/s1. The number of carbonyl (C=O) groups is 1. The van der Waals surface area contributed by atoms with Crippen molar-refractivity contribution in [3.63, 3.8) is 0 Å². The lowest BCUT2D eigenvalue weighted by Gasteiger charge is -2.18. The summed E-state index contributed by atoms with van der Waals surface area (Å²) in [6.45, 7) is 2.17. The minimum Gasteiger partial charge on any atom is -0.481 e. The van der Waals surface area contributed by atoms with Crippen molar-refractivity contribution in [2.45, 2.75) is 95.5 Å². The maximum absolute atomic E-state index is 10.3. The average Bonchev–Trinajstić information content (AvgIpc) is 2.45. The minimum absolute atomic E-state index is 0.284. The summed E-state index contributed by atoms with van der Waals surface area (Å²) in [7, 11) is 0. The summed E-state index contributed by atoms with van der Waals surface area (Å²) in [5.41, 5.74) is 0. The Kier molecular flexibility index (Phi) is 13.7. The predicted octanol–water partition coefficient (Wildman–Crippen LogP) is 5.65. The normalized spacial score (nSPS) is 14.3. The van der Waals surface area contributed by atoms with Crippen LogP contribution in [-0.4, -0.2) is 21.2 Å². The Hall–Kier alpha value is -0.540. The van der Waals surface area contributed by atoms with Gasteiger partial charge in [0.05, 0.1) is 0 Å². The van der Waals surface area contributed by atoms with E-state index in [0.717, 1.165) is 51.4 Å². The van der Waals surface area contributed by atoms with E-state index in [0.29, 0.717) is 12.8 Å². The highest BCUT2D eigenvalue weighted by Gasteiger charge is 2.20. The molecule has 0 saturated heterocycles. The highest BCUT2D eigenvalue weighted by Crippen LogP contribution is 2.24. The number of unbranched alkanes of at least 4 members (excludes halogenated alkanes) is 8. The van der Waals surface area contributed by atoms with Gasteiger partial charge in [-0.15, -0.1) is 0 Å². The van der Waals surface area contributed by atoms with Crippen molar-refractivity contribution in [1.29, 1.82) is 0 Å². The highest BCUT2D eigenvalue weighted by atomic mass is 35.5. The summed E-state index contributed by atoms with van der Waals surface area (Å²) in [4.78, 5) is 10.3. The van der Waals surface area contributed by atoms with E-state index in [9.17, 15) is 9.90 Å². The molecule has 0 aromatic carbocycles. The van der Waals surface area contributed by atoms with E-state index >= 15 is 0 Å². The molecule has 0 unspecified atom stereocenters. The number of hydrogen-bond donors (Lipinski definition) is 2. The highest BCUT2D eigenvalue weighted by molar-refractivity contribution is 6.22. The van der Waals surface area contributed by atoms with Crippen LogP contribution < -0.4 is 0 Å². The van der Waals surface area contributed by atoms with Gasteiger partial charge in [0.1, 0.15) is 5.06 Å². The van der Waals surface area contributed by atoms with Crippen molar-refractivity contribution in [2.75, 3.05) is 0 Å². The van der Waals surface area contributed by atoms with Crippen LogP contribution in [0.15, 0.2) is 12.2 Å². The van der Waals surface area contributed by atoms with Crippen LogP contribution in [0.3, 0.4) is 0 Å². The fraction of sp³-hybridized carbons (Fsp3) is 0.833. The smallest absolute Gasteiger partial charge is 0.303 e.